The minimum absolute atomic E-state index is 0.269. The SMILES string of the molecule is CCCCC(=O)N(CCN)CCCC. The van der Waals surface area contributed by atoms with Crippen LogP contribution in [0, 0.1) is 0 Å². The molecule has 84 valence electrons. The van der Waals surface area contributed by atoms with Crippen molar-refractivity contribution in [2.75, 3.05) is 19.6 Å². The van der Waals surface area contributed by atoms with Crippen LogP contribution in [-0.2, 0) is 4.79 Å². The standard InChI is InChI=1S/C11H24N2O/c1-3-5-7-11(14)13(10-8-12)9-6-4-2/h3-10,12H2,1-2H3. The third-order valence-corrected chi connectivity index (χ3v) is 2.28. The molecule has 0 radical (unpaired) electrons. The zero-order chi connectivity index (χ0) is 10.8. The lowest BCUT2D eigenvalue weighted by Crippen LogP contribution is -2.35. The zero-order valence-corrected chi connectivity index (χ0v) is 9.59. The van der Waals surface area contributed by atoms with E-state index in [0.717, 1.165) is 32.2 Å². The highest BCUT2D eigenvalue weighted by Gasteiger charge is 2.10. The average molecular weight is 200 g/mol. The van der Waals surface area contributed by atoms with Crippen LogP contribution in [0.3, 0.4) is 0 Å². The van der Waals surface area contributed by atoms with Crippen molar-refractivity contribution in [3.8, 4) is 0 Å². The van der Waals surface area contributed by atoms with E-state index in [0.29, 0.717) is 19.5 Å². The lowest BCUT2D eigenvalue weighted by Gasteiger charge is -2.21. The molecule has 0 saturated carbocycles. The number of nitrogens with zero attached hydrogens (tertiary/aromatic N) is 1. The van der Waals surface area contributed by atoms with Crippen molar-refractivity contribution < 1.29 is 4.79 Å². The molecule has 0 aliphatic heterocycles. The van der Waals surface area contributed by atoms with E-state index in [1.54, 1.807) is 0 Å². The molecule has 0 saturated heterocycles. The normalized spacial score (nSPS) is 10.2. The Kier molecular flexibility index (Phi) is 8.64. The Labute approximate surface area is 87.6 Å². The molecule has 0 spiro atoms. The molecule has 0 aliphatic carbocycles. The average Bonchev–Trinajstić information content (AvgIpc) is 2.20. The predicted molar refractivity (Wildman–Crippen MR) is 60.1 cm³/mol. The van der Waals surface area contributed by atoms with Gasteiger partial charge in [0.1, 0.15) is 0 Å². The molecule has 0 aromatic rings. The van der Waals surface area contributed by atoms with Gasteiger partial charge in [-0.15, -0.1) is 0 Å². The summed E-state index contributed by atoms with van der Waals surface area (Å²) in [4.78, 5) is 13.6. The second-order valence-electron chi connectivity index (χ2n) is 3.63. The van der Waals surface area contributed by atoms with E-state index >= 15 is 0 Å². The predicted octanol–water partition coefficient (Wildman–Crippen LogP) is 1.76. The lowest BCUT2D eigenvalue weighted by atomic mass is 10.2. The van der Waals surface area contributed by atoms with Crippen LogP contribution in [0.2, 0.25) is 0 Å². The molecule has 2 N–H and O–H groups in total. The number of carbonyl (C=O) groups is 1. The molecule has 0 unspecified atom stereocenters. The van der Waals surface area contributed by atoms with Crippen molar-refractivity contribution in [3.05, 3.63) is 0 Å². The zero-order valence-electron chi connectivity index (χ0n) is 9.59. The van der Waals surface area contributed by atoms with Crippen molar-refractivity contribution in [2.45, 2.75) is 46.0 Å². The number of hydrogen-bond acceptors (Lipinski definition) is 2. The van der Waals surface area contributed by atoms with Crippen LogP contribution >= 0.6 is 0 Å². The summed E-state index contributed by atoms with van der Waals surface area (Å²) < 4.78 is 0. The van der Waals surface area contributed by atoms with E-state index in [9.17, 15) is 4.79 Å². The van der Waals surface area contributed by atoms with E-state index in [2.05, 4.69) is 13.8 Å². The molecule has 0 heterocycles. The first-order valence-corrected chi connectivity index (χ1v) is 5.74. The molecule has 14 heavy (non-hydrogen) atoms. The largest absolute Gasteiger partial charge is 0.341 e. The number of amides is 1. The summed E-state index contributed by atoms with van der Waals surface area (Å²) in [7, 11) is 0. The van der Waals surface area contributed by atoms with Gasteiger partial charge in [-0.25, -0.2) is 0 Å². The minimum Gasteiger partial charge on any atom is -0.341 e. The summed E-state index contributed by atoms with van der Waals surface area (Å²) in [5.41, 5.74) is 5.47. The topological polar surface area (TPSA) is 46.3 Å². The smallest absolute Gasteiger partial charge is 0.222 e. The Balaban J connectivity index is 3.84. The molecule has 1 amide bonds. The van der Waals surface area contributed by atoms with Crippen molar-refractivity contribution in [1.29, 1.82) is 0 Å². The molecule has 3 heteroatoms. The summed E-state index contributed by atoms with van der Waals surface area (Å²) in [5, 5.41) is 0. The van der Waals surface area contributed by atoms with Crippen LogP contribution in [0.15, 0.2) is 0 Å². The Bertz CT molecular complexity index is 148. The van der Waals surface area contributed by atoms with Gasteiger partial charge in [-0.05, 0) is 12.8 Å². The van der Waals surface area contributed by atoms with Crippen molar-refractivity contribution in [3.63, 3.8) is 0 Å². The fourth-order valence-corrected chi connectivity index (χ4v) is 1.35. The number of unbranched alkanes of at least 4 members (excludes halogenated alkanes) is 2. The van der Waals surface area contributed by atoms with Crippen molar-refractivity contribution in [1.82, 2.24) is 4.90 Å². The summed E-state index contributed by atoms with van der Waals surface area (Å²) in [5.74, 6) is 0.269. The molecule has 0 bridgehead atoms. The Hall–Kier alpha value is -0.570. The highest BCUT2D eigenvalue weighted by atomic mass is 16.2. The number of carbonyl (C=O) groups excluding carboxylic acids is 1. The third-order valence-electron chi connectivity index (χ3n) is 2.28. The second kappa shape index (κ2) is 9.00. The van der Waals surface area contributed by atoms with Gasteiger partial charge in [-0.2, -0.15) is 0 Å². The number of hydrogen-bond donors (Lipinski definition) is 1. The molecule has 0 aromatic carbocycles. The van der Waals surface area contributed by atoms with Crippen LogP contribution in [-0.4, -0.2) is 30.4 Å². The van der Waals surface area contributed by atoms with Gasteiger partial charge < -0.3 is 10.6 Å². The quantitative estimate of drug-likeness (QED) is 0.649. The lowest BCUT2D eigenvalue weighted by molar-refractivity contribution is -0.131. The number of rotatable bonds is 8. The van der Waals surface area contributed by atoms with Gasteiger partial charge in [0.25, 0.3) is 0 Å². The van der Waals surface area contributed by atoms with E-state index in [1.807, 2.05) is 4.90 Å². The maximum atomic E-state index is 11.7. The third kappa shape index (κ3) is 5.97. The van der Waals surface area contributed by atoms with E-state index in [-0.39, 0.29) is 5.91 Å². The van der Waals surface area contributed by atoms with Gasteiger partial charge in [-0.3, -0.25) is 4.79 Å². The van der Waals surface area contributed by atoms with Gasteiger partial charge in [-0.1, -0.05) is 26.7 Å². The summed E-state index contributed by atoms with van der Waals surface area (Å²) >= 11 is 0. The Morgan fingerprint density at radius 1 is 1.14 bits per heavy atom. The van der Waals surface area contributed by atoms with Gasteiger partial charge >= 0.3 is 0 Å². The van der Waals surface area contributed by atoms with Gasteiger partial charge in [0.2, 0.25) is 5.91 Å². The summed E-state index contributed by atoms with van der Waals surface area (Å²) in [6.07, 6.45) is 4.96. The first-order valence-electron chi connectivity index (χ1n) is 5.74. The van der Waals surface area contributed by atoms with Crippen LogP contribution in [0.5, 0.6) is 0 Å². The molecule has 3 nitrogen and oxygen atoms in total. The second-order valence-corrected chi connectivity index (χ2v) is 3.63. The molecule has 0 atom stereocenters. The van der Waals surface area contributed by atoms with Crippen molar-refractivity contribution in [2.24, 2.45) is 5.73 Å². The highest BCUT2D eigenvalue weighted by molar-refractivity contribution is 5.76. The maximum absolute atomic E-state index is 11.7. The van der Waals surface area contributed by atoms with Crippen LogP contribution in [0.1, 0.15) is 46.0 Å². The number of nitrogens with two attached hydrogens (primary N) is 1. The minimum atomic E-state index is 0.269. The van der Waals surface area contributed by atoms with Crippen LogP contribution < -0.4 is 5.73 Å². The maximum Gasteiger partial charge on any atom is 0.222 e. The van der Waals surface area contributed by atoms with E-state index in [1.165, 1.54) is 0 Å². The first kappa shape index (κ1) is 13.4. The van der Waals surface area contributed by atoms with Crippen LogP contribution in [0.4, 0.5) is 0 Å². The summed E-state index contributed by atoms with van der Waals surface area (Å²) in [6, 6.07) is 0. The fourth-order valence-electron chi connectivity index (χ4n) is 1.35. The van der Waals surface area contributed by atoms with Gasteiger partial charge in [0.05, 0.1) is 0 Å². The molecular formula is C11H24N2O. The van der Waals surface area contributed by atoms with Gasteiger partial charge in [0.15, 0.2) is 0 Å². The first-order chi connectivity index (χ1) is 6.76. The molecule has 0 rings (SSSR count). The van der Waals surface area contributed by atoms with E-state index < -0.39 is 0 Å². The van der Waals surface area contributed by atoms with Gasteiger partial charge in [0, 0.05) is 26.1 Å². The molecule has 0 aliphatic rings. The molecule has 0 aromatic heterocycles. The summed E-state index contributed by atoms with van der Waals surface area (Å²) in [6.45, 7) is 6.39. The molecular weight excluding hydrogens is 176 g/mol. The molecule has 0 fully saturated rings. The Morgan fingerprint density at radius 3 is 2.29 bits per heavy atom. The van der Waals surface area contributed by atoms with Crippen LogP contribution in [0.25, 0.3) is 0 Å². The Morgan fingerprint density at radius 2 is 1.79 bits per heavy atom. The monoisotopic (exact) mass is 200 g/mol. The fraction of sp³-hybridized carbons (Fsp3) is 0.909. The van der Waals surface area contributed by atoms with E-state index in [4.69, 9.17) is 5.73 Å². The highest BCUT2D eigenvalue weighted by Crippen LogP contribution is 2.02. The van der Waals surface area contributed by atoms with Crippen molar-refractivity contribution >= 4 is 5.91 Å².